The molecule has 1 aromatic heterocycles. The van der Waals surface area contributed by atoms with Gasteiger partial charge in [0, 0.05) is 29.8 Å². The van der Waals surface area contributed by atoms with E-state index in [-0.39, 0.29) is 12.1 Å². The van der Waals surface area contributed by atoms with Crippen molar-refractivity contribution >= 4 is 23.1 Å². The third-order valence-electron chi connectivity index (χ3n) is 4.80. The number of benzene rings is 2. The van der Waals surface area contributed by atoms with Gasteiger partial charge in [-0.1, -0.05) is 24.3 Å². The number of hydrogen-bond donors (Lipinski definition) is 2. The molecule has 27 heavy (non-hydrogen) atoms. The standard InChI is InChI=1S/C22H22N4O/c1-16(20-7-4-5-14-23-20)24-22(27)25-18-9-11-19(12-10-18)26-15-13-17-6-2-3-8-21(17)26/h2-12,14,16H,13,15H2,1H3,(H2,24,25,27). The first-order chi connectivity index (χ1) is 13.2. The minimum atomic E-state index is -0.243. The molecular weight excluding hydrogens is 336 g/mol. The van der Waals surface area contributed by atoms with Gasteiger partial charge in [0.1, 0.15) is 0 Å². The average molecular weight is 358 g/mol. The van der Waals surface area contributed by atoms with E-state index in [2.05, 4.69) is 44.8 Å². The highest BCUT2D eigenvalue weighted by molar-refractivity contribution is 5.89. The van der Waals surface area contributed by atoms with Gasteiger partial charge in [-0.15, -0.1) is 0 Å². The SMILES string of the molecule is CC(NC(=O)Nc1ccc(N2CCc3ccccc32)cc1)c1ccccn1. The van der Waals surface area contributed by atoms with Crippen LogP contribution in [0, 0.1) is 0 Å². The zero-order valence-corrected chi connectivity index (χ0v) is 15.2. The molecule has 2 heterocycles. The molecule has 5 nitrogen and oxygen atoms in total. The Morgan fingerprint density at radius 1 is 1.04 bits per heavy atom. The Balaban J connectivity index is 1.39. The average Bonchev–Trinajstić information content (AvgIpc) is 3.13. The molecule has 4 rings (SSSR count). The van der Waals surface area contributed by atoms with E-state index in [1.54, 1.807) is 6.20 Å². The lowest BCUT2D eigenvalue weighted by Crippen LogP contribution is -2.31. The molecule has 5 heteroatoms. The number of carbonyl (C=O) groups excluding carboxylic acids is 1. The molecule has 2 N–H and O–H groups in total. The number of aromatic nitrogens is 1. The van der Waals surface area contributed by atoms with Crippen molar-refractivity contribution in [2.24, 2.45) is 0 Å². The van der Waals surface area contributed by atoms with E-state index < -0.39 is 0 Å². The Kier molecular flexibility index (Phi) is 4.75. The molecule has 0 radical (unpaired) electrons. The van der Waals surface area contributed by atoms with Crippen molar-refractivity contribution in [2.45, 2.75) is 19.4 Å². The first-order valence-corrected chi connectivity index (χ1v) is 9.15. The fraction of sp³-hybridized carbons (Fsp3) is 0.182. The maximum Gasteiger partial charge on any atom is 0.319 e. The smallest absolute Gasteiger partial charge is 0.319 e. The second kappa shape index (κ2) is 7.50. The Hall–Kier alpha value is -3.34. The summed E-state index contributed by atoms with van der Waals surface area (Å²) >= 11 is 0. The highest BCUT2D eigenvalue weighted by Crippen LogP contribution is 2.34. The van der Waals surface area contributed by atoms with E-state index in [4.69, 9.17) is 0 Å². The molecule has 0 spiro atoms. The van der Waals surface area contributed by atoms with Crippen molar-refractivity contribution in [2.75, 3.05) is 16.8 Å². The molecule has 3 aromatic rings. The molecule has 1 aliphatic heterocycles. The number of para-hydroxylation sites is 1. The lowest BCUT2D eigenvalue weighted by molar-refractivity contribution is 0.249. The normalized spacial score (nSPS) is 13.7. The monoisotopic (exact) mass is 358 g/mol. The largest absolute Gasteiger partial charge is 0.341 e. The fourth-order valence-electron chi connectivity index (χ4n) is 3.40. The molecule has 0 aliphatic carbocycles. The Bertz CT molecular complexity index is 925. The quantitative estimate of drug-likeness (QED) is 0.713. The van der Waals surface area contributed by atoms with E-state index >= 15 is 0 Å². The number of nitrogens with one attached hydrogen (secondary N) is 2. The van der Waals surface area contributed by atoms with Crippen LogP contribution in [0.4, 0.5) is 21.9 Å². The fourth-order valence-corrected chi connectivity index (χ4v) is 3.40. The van der Waals surface area contributed by atoms with Crippen LogP contribution in [0.15, 0.2) is 72.9 Å². The predicted molar refractivity (Wildman–Crippen MR) is 108 cm³/mol. The van der Waals surface area contributed by atoms with Crippen molar-refractivity contribution in [3.8, 4) is 0 Å². The van der Waals surface area contributed by atoms with Crippen molar-refractivity contribution in [3.63, 3.8) is 0 Å². The van der Waals surface area contributed by atoms with E-state index in [0.717, 1.165) is 30.0 Å². The first-order valence-electron chi connectivity index (χ1n) is 9.15. The lowest BCUT2D eigenvalue weighted by Gasteiger charge is -2.20. The summed E-state index contributed by atoms with van der Waals surface area (Å²) in [7, 11) is 0. The van der Waals surface area contributed by atoms with E-state index in [1.165, 1.54) is 11.3 Å². The van der Waals surface area contributed by atoms with Gasteiger partial charge in [0.2, 0.25) is 0 Å². The van der Waals surface area contributed by atoms with E-state index in [0.29, 0.717) is 0 Å². The van der Waals surface area contributed by atoms with E-state index in [1.807, 2.05) is 49.4 Å². The van der Waals surface area contributed by atoms with Gasteiger partial charge in [0.05, 0.1) is 11.7 Å². The molecule has 0 saturated carbocycles. The van der Waals surface area contributed by atoms with Crippen molar-refractivity contribution in [1.29, 1.82) is 0 Å². The molecule has 136 valence electrons. The van der Waals surface area contributed by atoms with Gasteiger partial charge in [-0.2, -0.15) is 0 Å². The third-order valence-corrected chi connectivity index (χ3v) is 4.80. The minimum absolute atomic E-state index is 0.161. The third kappa shape index (κ3) is 3.77. The van der Waals surface area contributed by atoms with Gasteiger partial charge >= 0.3 is 6.03 Å². The van der Waals surface area contributed by atoms with Gasteiger partial charge in [-0.25, -0.2) is 4.79 Å². The molecule has 1 unspecified atom stereocenters. The summed E-state index contributed by atoms with van der Waals surface area (Å²) in [6, 6.07) is 21.7. The summed E-state index contributed by atoms with van der Waals surface area (Å²) in [5.41, 5.74) is 5.36. The summed E-state index contributed by atoms with van der Waals surface area (Å²) < 4.78 is 0. The summed E-state index contributed by atoms with van der Waals surface area (Å²) in [4.78, 5) is 18.8. The van der Waals surface area contributed by atoms with Crippen LogP contribution in [0.3, 0.4) is 0 Å². The molecule has 2 amide bonds. The summed E-state index contributed by atoms with van der Waals surface area (Å²) in [6.07, 6.45) is 2.78. The number of rotatable bonds is 4. The number of anilines is 3. The second-order valence-electron chi connectivity index (χ2n) is 6.65. The van der Waals surface area contributed by atoms with Crippen LogP contribution < -0.4 is 15.5 Å². The van der Waals surface area contributed by atoms with Gasteiger partial charge in [-0.05, 0) is 61.4 Å². The van der Waals surface area contributed by atoms with Crippen molar-refractivity contribution < 1.29 is 4.79 Å². The summed E-state index contributed by atoms with van der Waals surface area (Å²) in [5, 5.41) is 5.79. The second-order valence-corrected chi connectivity index (χ2v) is 6.65. The van der Waals surface area contributed by atoms with Crippen LogP contribution in [-0.2, 0) is 6.42 Å². The minimum Gasteiger partial charge on any atom is -0.341 e. The Morgan fingerprint density at radius 2 is 1.81 bits per heavy atom. The molecule has 1 atom stereocenters. The van der Waals surface area contributed by atoms with Crippen LogP contribution in [0.25, 0.3) is 0 Å². The maximum absolute atomic E-state index is 12.2. The number of nitrogens with zero attached hydrogens (tertiary/aromatic N) is 2. The molecule has 0 saturated heterocycles. The van der Waals surface area contributed by atoms with Crippen LogP contribution >= 0.6 is 0 Å². The molecule has 1 aliphatic rings. The lowest BCUT2D eigenvalue weighted by atomic mass is 10.2. The number of carbonyl (C=O) groups is 1. The van der Waals surface area contributed by atoms with Crippen molar-refractivity contribution in [3.05, 3.63) is 84.2 Å². The number of fused-ring (bicyclic) bond motifs is 1. The van der Waals surface area contributed by atoms with Gasteiger partial charge in [0.15, 0.2) is 0 Å². The molecule has 0 fully saturated rings. The number of amides is 2. The molecular formula is C22H22N4O. The zero-order chi connectivity index (χ0) is 18.6. The van der Waals surface area contributed by atoms with Crippen LogP contribution in [0.5, 0.6) is 0 Å². The number of urea groups is 1. The molecule has 2 aromatic carbocycles. The number of pyridine rings is 1. The first kappa shape index (κ1) is 17.1. The maximum atomic E-state index is 12.2. The highest BCUT2D eigenvalue weighted by Gasteiger charge is 2.19. The highest BCUT2D eigenvalue weighted by atomic mass is 16.2. The van der Waals surface area contributed by atoms with Crippen LogP contribution in [-0.4, -0.2) is 17.6 Å². The zero-order valence-electron chi connectivity index (χ0n) is 15.2. The van der Waals surface area contributed by atoms with Crippen LogP contribution in [0.2, 0.25) is 0 Å². The molecule has 0 bridgehead atoms. The van der Waals surface area contributed by atoms with Crippen LogP contribution in [0.1, 0.15) is 24.2 Å². The van der Waals surface area contributed by atoms with Crippen molar-refractivity contribution in [1.82, 2.24) is 10.3 Å². The summed E-state index contributed by atoms with van der Waals surface area (Å²) in [5.74, 6) is 0. The number of hydrogen-bond acceptors (Lipinski definition) is 3. The topological polar surface area (TPSA) is 57.3 Å². The Labute approximate surface area is 159 Å². The predicted octanol–water partition coefficient (Wildman–Crippen LogP) is 4.66. The van der Waals surface area contributed by atoms with E-state index in [9.17, 15) is 4.79 Å². The Morgan fingerprint density at radius 3 is 2.59 bits per heavy atom. The van der Waals surface area contributed by atoms with Gasteiger partial charge < -0.3 is 15.5 Å². The summed E-state index contributed by atoms with van der Waals surface area (Å²) in [6.45, 7) is 2.89. The van der Waals surface area contributed by atoms with Gasteiger partial charge in [-0.3, -0.25) is 4.98 Å². The van der Waals surface area contributed by atoms with Gasteiger partial charge in [0.25, 0.3) is 0 Å².